The molecule has 0 spiro atoms. The fraction of sp³-hybridized carbons (Fsp3) is 0.769. The Morgan fingerprint density at radius 3 is 1.87 bits per heavy atom. The van der Waals surface area contributed by atoms with Gasteiger partial charge in [-0.25, -0.2) is 4.68 Å². The maximum absolute atomic E-state index is 4.33. The molecule has 2 aliphatic carbocycles. The van der Waals surface area contributed by atoms with Crippen LogP contribution in [0.4, 0.5) is 0 Å². The zero-order chi connectivity index (χ0) is 22.5. The summed E-state index contributed by atoms with van der Waals surface area (Å²) in [5, 5.41) is 17.0. The molecule has 0 aliphatic heterocycles. The molecular formula is C26H45N5. The van der Waals surface area contributed by atoms with Crippen LogP contribution in [0.3, 0.4) is 0 Å². The normalized spacial score (nSPS) is 16.0. The van der Waals surface area contributed by atoms with E-state index in [1.807, 2.05) is 0 Å². The van der Waals surface area contributed by atoms with Crippen molar-refractivity contribution < 1.29 is 0 Å². The summed E-state index contributed by atoms with van der Waals surface area (Å²) in [6.45, 7) is 11.6. The predicted molar refractivity (Wildman–Crippen MR) is 130 cm³/mol. The Labute approximate surface area is 190 Å². The van der Waals surface area contributed by atoms with Gasteiger partial charge in [-0.3, -0.25) is 0 Å². The molecule has 0 saturated carbocycles. The van der Waals surface area contributed by atoms with Gasteiger partial charge in [-0.15, -0.1) is 5.10 Å². The van der Waals surface area contributed by atoms with E-state index in [2.05, 4.69) is 59.8 Å². The minimum absolute atomic E-state index is 0.961. The van der Waals surface area contributed by atoms with Gasteiger partial charge in [0.1, 0.15) is 0 Å². The van der Waals surface area contributed by atoms with Crippen molar-refractivity contribution in [3.63, 3.8) is 0 Å². The Balaban J connectivity index is 0.000000197. The van der Waals surface area contributed by atoms with E-state index in [1.54, 1.807) is 0 Å². The minimum atomic E-state index is 0.961. The van der Waals surface area contributed by atoms with Crippen molar-refractivity contribution in [1.29, 1.82) is 0 Å². The fourth-order valence-corrected chi connectivity index (χ4v) is 4.55. The third kappa shape index (κ3) is 7.69. The summed E-state index contributed by atoms with van der Waals surface area (Å²) in [7, 11) is 0. The molecular weight excluding hydrogens is 382 g/mol. The van der Waals surface area contributed by atoms with Crippen LogP contribution in [0.15, 0.2) is 0 Å². The molecule has 0 N–H and O–H groups in total. The van der Waals surface area contributed by atoms with Gasteiger partial charge in [-0.1, -0.05) is 58.1 Å². The molecule has 0 saturated heterocycles. The maximum atomic E-state index is 4.33. The second-order valence-electron chi connectivity index (χ2n) is 8.88. The first-order chi connectivity index (χ1) is 15.2. The second-order valence-corrected chi connectivity index (χ2v) is 8.88. The van der Waals surface area contributed by atoms with Gasteiger partial charge < -0.3 is 0 Å². The molecule has 0 fully saturated rings. The highest BCUT2D eigenvalue weighted by Gasteiger charge is 2.15. The van der Waals surface area contributed by atoms with Crippen LogP contribution < -0.4 is 0 Å². The van der Waals surface area contributed by atoms with Gasteiger partial charge in [0.15, 0.2) is 0 Å². The quantitative estimate of drug-likeness (QED) is 0.558. The van der Waals surface area contributed by atoms with Gasteiger partial charge >= 0.3 is 0 Å². The summed E-state index contributed by atoms with van der Waals surface area (Å²) in [5.41, 5.74) is 8.05. The fourth-order valence-electron chi connectivity index (χ4n) is 4.55. The van der Waals surface area contributed by atoms with Crippen LogP contribution in [0.5, 0.6) is 0 Å². The topological polar surface area (TPSA) is 56.5 Å². The van der Waals surface area contributed by atoms with Crippen molar-refractivity contribution in [3.8, 4) is 0 Å². The van der Waals surface area contributed by atoms with E-state index in [4.69, 9.17) is 0 Å². The standard InChI is InChI=1S/C13H20N2.C10H17N3.C3H8/c1-3-13-12-9-7-5-4-6-8-11(12)10(2)14-15-13;1-2-13-10-8-6-4-3-5-7-9(10)11-12-13;1-3-2/h3-9H2,1-2H3;2-8H2,1H3;3H2,1-2H3. The first-order valence-corrected chi connectivity index (χ1v) is 12.9. The second kappa shape index (κ2) is 14.3. The predicted octanol–water partition coefficient (Wildman–Crippen LogP) is 6.38. The van der Waals surface area contributed by atoms with Crippen LogP contribution in [-0.2, 0) is 38.6 Å². The molecule has 174 valence electrons. The highest BCUT2D eigenvalue weighted by molar-refractivity contribution is 5.33. The molecule has 4 rings (SSSR count). The summed E-state index contributed by atoms with van der Waals surface area (Å²) < 4.78 is 2.06. The molecule has 5 heteroatoms. The Hall–Kier alpha value is -1.78. The van der Waals surface area contributed by atoms with Gasteiger partial charge in [0.2, 0.25) is 0 Å². The molecule has 0 aromatic carbocycles. The zero-order valence-electron chi connectivity index (χ0n) is 20.8. The number of nitrogens with zero attached hydrogens (tertiary/aromatic N) is 5. The average Bonchev–Trinajstić information content (AvgIpc) is 3.10. The molecule has 0 radical (unpaired) electrons. The SMILES string of the molecule is CCC.CCc1nnc(C)c2c1CCCCCC2.CCn1nnc2c1CCCCCC2. The summed E-state index contributed by atoms with van der Waals surface area (Å²) in [4.78, 5) is 0. The van der Waals surface area contributed by atoms with E-state index >= 15 is 0 Å². The highest BCUT2D eigenvalue weighted by atomic mass is 15.4. The third-order valence-electron chi connectivity index (χ3n) is 6.20. The van der Waals surface area contributed by atoms with Crippen LogP contribution in [0, 0.1) is 6.92 Å². The molecule has 0 bridgehead atoms. The Bertz CT molecular complexity index is 765. The van der Waals surface area contributed by atoms with E-state index in [1.165, 1.54) is 105 Å². The van der Waals surface area contributed by atoms with Crippen molar-refractivity contribution in [2.45, 2.75) is 131 Å². The molecule has 0 atom stereocenters. The number of aromatic nitrogens is 5. The van der Waals surface area contributed by atoms with Crippen molar-refractivity contribution in [1.82, 2.24) is 25.2 Å². The molecule has 2 aliphatic rings. The van der Waals surface area contributed by atoms with Crippen LogP contribution in [0.2, 0.25) is 0 Å². The van der Waals surface area contributed by atoms with Gasteiger partial charge in [-0.05, 0) is 82.8 Å². The number of aryl methyl sites for hydroxylation is 4. The van der Waals surface area contributed by atoms with Crippen LogP contribution >= 0.6 is 0 Å². The van der Waals surface area contributed by atoms with Crippen LogP contribution in [0.1, 0.15) is 119 Å². The van der Waals surface area contributed by atoms with E-state index in [0.29, 0.717) is 0 Å². The van der Waals surface area contributed by atoms with Gasteiger partial charge in [0.05, 0.1) is 22.8 Å². The van der Waals surface area contributed by atoms with Crippen molar-refractivity contribution >= 4 is 0 Å². The summed E-state index contributed by atoms with van der Waals surface area (Å²) in [5.74, 6) is 0. The van der Waals surface area contributed by atoms with E-state index in [0.717, 1.165) is 25.1 Å². The summed E-state index contributed by atoms with van der Waals surface area (Å²) in [6, 6.07) is 0. The Morgan fingerprint density at radius 2 is 1.26 bits per heavy atom. The van der Waals surface area contributed by atoms with Gasteiger partial charge in [-0.2, -0.15) is 10.2 Å². The lowest BCUT2D eigenvalue weighted by Gasteiger charge is -2.17. The molecule has 0 amide bonds. The largest absolute Gasteiger partial charge is 0.249 e. The van der Waals surface area contributed by atoms with Gasteiger partial charge in [0, 0.05) is 6.54 Å². The first-order valence-electron chi connectivity index (χ1n) is 12.9. The summed E-state index contributed by atoms with van der Waals surface area (Å²) in [6.07, 6.45) is 17.7. The lowest BCUT2D eigenvalue weighted by Crippen LogP contribution is -2.10. The lowest BCUT2D eigenvalue weighted by atomic mass is 9.91. The van der Waals surface area contributed by atoms with Crippen molar-refractivity contribution in [2.24, 2.45) is 0 Å². The van der Waals surface area contributed by atoms with Crippen molar-refractivity contribution in [3.05, 3.63) is 33.9 Å². The highest BCUT2D eigenvalue weighted by Crippen LogP contribution is 2.24. The number of hydrogen-bond acceptors (Lipinski definition) is 4. The summed E-state index contributed by atoms with van der Waals surface area (Å²) >= 11 is 0. The average molecular weight is 428 g/mol. The monoisotopic (exact) mass is 427 g/mol. The Kier molecular flexibility index (Phi) is 11.8. The molecule has 31 heavy (non-hydrogen) atoms. The van der Waals surface area contributed by atoms with Crippen molar-refractivity contribution in [2.75, 3.05) is 0 Å². The lowest BCUT2D eigenvalue weighted by molar-refractivity contribution is 0.564. The number of fused-ring (bicyclic) bond motifs is 2. The van der Waals surface area contributed by atoms with Gasteiger partial charge in [0.25, 0.3) is 0 Å². The number of rotatable bonds is 2. The maximum Gasteiger partial charge on any atom is 0.0859 e. The molecule has 2 heterocycles. The molecule has 2 aromatic rings. The molecule has 0 unspecified atom stereocenters. The zero-order valence-corrected chi connectivity index (χ0v) is 20.8. The van der Waals surface area contributed by atoms with Crippen LogP contribution in [0.25, 0.3) is 0 Å². The van der Waals surface area contributed by atoms with Crippen LogP contribution in [-0.4, -0.2) is 25.2 Å². The molecule has 5 nitrogen and oxygen atoms in total. The minimum Gasteiger partial charge on any atom is -0.249 e. The van der Waals surface area contributed by atoms with E-state index < -0.39 is 0 Å². The third-order valence-corrected chi connectivity index (χ3v) is 6.20. The smallest absolute Gasteiger partial charge is 0.0859 e. The Morgan fingerprint density at radius 1 is 0.677 bits per heavy atom. The number of hydrogen-bond donors (Lipinski definition) is 0. The van der Waals surface area contributed by atoms with E-state index in [-0.39, 0.29) is 0 Å². The molecule has 2 aromatic heterocycles. The van der Waals surface area contributed by atoms with E-state index in [9.17, 15) is 0 Å². The first kappa shape index (κ1) is 25.5.